The number of carboxylic acids is 2. The van der Waals surface area contributed by atoms with E-state index in [-0.39, 0.29) is 17.9 Å². The van der Waals surface area contributed by atoms with Crippen molar-refractivity contribution in [2.24, 2.45) is 11.7 Å². The van der Waals surface area contributed by atoms with Crippen LogP contribution in [0.15, 0.2) is 24.3 Å². The average Bonchev–Trinajstić information content (AvgIpc) is 2.75. The van der Waals surface area contributed by atoms with E-state index in [4.69, 9.17) is 10.8 Å². The molecule has 0 spiro atoms. The largest absolute Gasteiger partial charge is 0.508 e. The maximum absolute atomic E-state index is 12.8. The highest BCUT2D eigenvalue weighted by molar-refractivity contribution is 7.80. The predicted molar refractivity (Wildman–Crippen MR) is 124 cm³/mol. The summed E-state index contributed by atoms with van der Waals surface area (Å²) in [4.78, 5) is 60.2. The molecule has 3 amide bonds. The lowest BCUT2D eigenvalue weighted by atomic mass is 10.0. The summed E-state index contributed by atoms with van der Waals surface area (Å²) in [6.45, 7) is 3.19. The van der Waals surface area contributed by atoms with Gasteiger partial charge in [-0.15, -0.1) is 0 Å². The smallest absolute Gasteiger partial charge is 0.327 e. The van der Waals surface area contributed by atoms with Gasteiger partial charge < -0.3 is 37.0 Å². The fourth-order valence-corrected chi connectivity index (χ4v) is 3.12. The predicted octanol–water partition coefficient (Wildman–Crippen LogP) is -1.14. The molecule has 0 saturated carbocycles. The Morgan fingerprint density at radius 1 is 0.912 bits per heavy atom. The highest BCUT2D eigenvalue weighted by atomic mass is 32.1. The van der Waals surface area contributed by atoms with Gasteiger partial charge >= 0.3 is 11.9 Å². The molecule has 0 aliphatic carbocycles. The molecule has 13 heteroatoms. The van der Waals surface area contributed by atoms with Crippen molar-refractivity contribution in [3.05, 3.63) is 29.8 Å². The molecule has 34 heavy (non-hydrogen) atoms. The number of phenols is 1. The maximum Gasteiger partial charge on any atom is 0.327 e. The molecular formula is C21H30N4O8S. The minimum atomic E-state index is -1.54. The van der Waals surface area contributed by atoms with Gasteiger partial charge in [-0.25, -0.2) is 4.79 Å². The molecule has 4 unspecified atom stereocenters. The molecule has 4 atom stereocenters. The van der Waals surface area contributed by atoms with Gasteiger partial charge in [-0.2, -0.15) is 12.6 Å². The zero-order valence-electron chi connectivity index (χ0n) is 18.7. The first-order valence-electron chi connectivity index (χ1n) is 10.4. The molecule has 0 bridgehead atoms. The molecule has 0 heterocycles. The van der Waals surface area contributed by atoms with E-state index in [9.17, 15) is 34.2 Å². The minimum absolute atomic E-state index is 0.0350. The Balaban J connectivity index is 2.91. The number of carboxylic acid groups (broad SMARTS) is 2. The van der Waals surface area contributed by atoms with Crippen LogP contribution in [0.5, 0.6) is 5.75 Å². The molecule has 0 aromatic heterocycles. The Bertz CT molecular complexity index is 893. The van der Waals surface area contributed by atoms with E-state index >= 15 is 0 Å². The van der Waals surface area contributed by atoms with Gasteiger partial charge in [0.05, 0.1) is 12.5 Å². The average molecular weight is 499 g/mol. The second-order valence-electron chi connectivity index (χ2n) is 7.95. The van der Waals surface area contributed by atoms with Crippen LogP contribution in [-0.2, 0) is 30.4 Å². The summed E-state index contributed by atoms with van der Waals surface area (Å²) in [6.07, 6.45) is -0.713. The monoisotopic (exact) mass is 498 g/mol. The van der Waals surface area contributed by atoms with E-state index in [1.54, 1.807) is 26.0 Å². The topological polar surface area (TPSA) is 208 Å². The summed E-state index contributed by atoms with van der Waals surface area (Å²) in [7, 11) is 0. The van der Waals surface area contributed by atoms with Gasteiger partial charge in [0.1, 0.15) is 23.9 Å². The van der Waals surface area contributed by atoms with Crippen LogP contribution in [0, 0.1) is 5.92 Å². The van der Waals surface area contributed by atoms with Crippen LogP contribution in [-0.4, -0.2) is 74.9 Å². The number of aromatic hydroxyl groups is 1. The molecule has 1 rings (SSSR count). The Morgan fingerprint density at radius 2 is 1.47 bits per heavy atom. The number of hydrogen-bond acceptors (Lipinski definition) is 8. The van der Waals surface area contributed by atoms with Crippen molar-refractivity contribution < 1.29 is 39.3 Å². The number of carbonyl (C=O) groups is 5. The van der Waals surface area contributed by atoms with Crippen molar-refractivity contribution in [3.63, 3.8) is 0 Å². The number of nitrogens with two attached hydrogens (primary N) is 1. The van der Waals surface area contributed by atoms with Crippen LogP contribution >= 0.6 is 12.6 Å². The zero-order chi connectivity index (χ0) is 26.0. The number of hydrogen-bond donors (Lipinski definition) is 8. The number of carbonyl (C=O) groups excluding carboxylic acids is 3. The lowest BCUT2D eigenvalue weighted by molar-refractivity contribution is -0.143. The molecule has 12 nitrogen and oxygen atoms in total. The fraction of sp³-hybridized carbons (Fsp3) is 0.476. The van der Waals surface area contributed by atoms with Crippen LogP contribution in [0.25, 0.3) is 0 Å². The van der Waals surface area contributed by atoms with E-state index in [0.717, 1.165) is 0 Å². The standard InChI is InChI=1S/C21H30N4O8S/c1-10(2)17(20(31)24-15(9-34)21(32)33)25-19(30)14(8-16(27)28)23-18(29)13(22)7-11-3-5-12(26)6-4-11/h3-6,10,13-15,17,26,34H,7-9,22H2,1-2H3,(H,23,29)(H,24,31)(H,25,30)(H,27,28)(H,32,33). The van der Waals surface area contributed by atoms with E-state index in [2.05, 4.69) is 28.6 Å². The molecule has 0 fully saturated rings. The minimum Gasteiger partial charge on any atom is -0.508 e. The van der Waals surface area contributed by atoms with Crippen LogP contribution in [0.1, 0.15) is 25.8 Å². The van der Waals surface area contributed by atoms with E-state index in [0.29, 0.717) is 5.56 Å². The van der Waals surface area contributed by atoms with Gasteiger partial charge in [0.2, 0.25) is 17.7 Å². The molecular weight excluding hydrogens is 468 g/mol. The molecule has 0 aliphatic rings. The second kappa shape index (κ2) is 13.4. The molecule has 188 valence electrons. The molecule has 1 aromatic carbocycles. The Labute approximate surface area is 201 Å². The molecule has 1 aromatic rings. The van der Waals surface area contributed by atoms with Gasteiger partial charge in [0.15, 0.2) is 0 Å². The van der Waals surface area contributed by atoms with Crippen molar-refractivity contribution in [1.82, 2.24) is 16.0 Å². The second-order valence-corrected chi connectivity index (χ2v) is 8.31. The third-order valence-electron chi connectivity index (χ3n) is 4.78. The summed E-state index contributed by atoms with van der Waals surface area (Å²) >= 11 is 3.87. The summed E-state index contributed by atoms with van der Waals surface area (Å²) < 4.78 is 0. The molecule has 8 N–H and O–H groups in total. The molecule has 0 aliphatic heterocycles. The van der Waals surface area contributed by atoms with E-state index < -0.39 is 66.2 Å². The molecule has 0 saturated heterocycles. The van der Waals surface area contributed by atoms with Gasteiger partial charge in [-0.3, -0.25) is 19.2 Å². The first-order valence-corrected chi connectivity index (χ1v) is 11.0. The number of amides is 3. The van der Waals surface area contributed by atoms with Crippen LogP contribution in [0.3, 0.4) is 0 Å². The van der Waals surface area contributed by atoms with Crippen molar-refractivity contribution >= 4 is 42.3 Å². The normalized spacial score (nSPS) is 14.4. The lowest BCUT2D eigenvalue weighted by Gasteiger charge is -2.26. The summed E-state index contributed by atoms with van der Waals surface area (Å²) in [5.74, 6) is -5.86. The van der Waals surface area contributed by atoms with Crippen molar-refractivity contribution in [2.75, 3.05) is 5.75 Å². The van der Waals surface area contributed by atoms with Gasteiger partial charge in [0, 0.05) is 5.75 Å². The number of aliphatic carboxylic acids is 2. The number of nitrogens with one attached hydrogen (secondary N) is 3. The third-order valence-corrected chi connectivity index (χ3v) is 5.15. The summed E-state index contributed by atoms with van der Waals surface area (Å²) in [5, 5.41) is 34.5. The quantitative estimate of drug-likeness (QED) is 0.154. The summed E-state index contributed by atoms with van der Waals surface area (Å²) in [6, 6.07) is 0.806. The number of rotatable bonds is 13. The first kappa shape index (κ1) is 28.7. The van der Waals surface area contributed by atoms with Crippen LogP contribution < -0.4 is 21.7 Å². The lowest BCUT2D eigenvalue weighted by Crippen LogP contribution is -2.59. The number of phenolic OH excluding ortho intramolecular Hbond substituents is 1. The third kappa shape index (κ3) is 9.27. The molecule has 0 radical (unpaired) electrons. The fourth-order valence-electron chi connectivity index (χ4n) is 2.88. The Morgan fingerprint density at radius 3 is 1.94 bits per heavy atom. The Hall–Kier alpha value is -3.32. The highest BCUT2D eigenvalue weighted by Crippen LogP contribution is 2.11. The van der Waals surface area contributed by atoms with Crippen molar-refractivity contribution in [2.45, 2.75) is 50.9 Å². The maximum atomic E-state index is 12.8. The van der Waals surface area contributed by atoms with Gasteiger partial charge in [-0.05, 0) is 30.0 Å². The van der Waals surface area contributed by atoms with Crippen LogP contribution in [0.4, 0.5) is 0 Å². The van der Waals surface area contributed by atoms with Crippen molar-refractivity contribution in [3.8, 4) is 5.75 Å². The van der Waals surface area contributed by atoms with E-state index in [1.165, 1.54) is 12.1 Å². The summed E-state index contributed by atoms with van der Waals surface area (Å²) in [5.41, 5.74) is 6.51. The SMILES string of the molecule is CC(C)C(NC(=O)C(CC(=O)O)NC(=O)C(N)Cc1ccc(O)cc1)C(=O)NC(CS)C(=O)O. The van der Waals surface area contributed by atoms with Gasteiger partial charge in [-0.1, -0.05) is 26.0 Å². The number of benzene rings is 1. The van der Waals surface area contributed by atoms with Gasteiger partial charge in [0.25, 0.3) is 0 Å². The first-order chi connectivity index (χ1) is 15.8. The van der Waals surface area contributed by atoms with Crippen molar-refractivity contribution in [1.29, 1.82) is 0 Å². The van der Waals surface area contributed by atoms with E-state index in [1.807, 2.05) is 0 Å². The Kier molecular flexibility index (Phi) is 11.3. The number of thiol groups is 1. The highest BCUT2D eigenvalue weighted by Gasteiger charge is 2.32. The zero-order valence-corrected chi connectivity index (χ0v) is 19.6. The van der Waals surface area contributed by atoms with Crippen LogP contribution in [0.2, 0.25) is 0 Å².